The summed E-state index contributed by atoms with van der Waals surface area (Å²) in [6.07, 6.45) is 3.39. The highest BCUT2D eigenvalue weighted by atomic mass is 32.2. The van der Waals surface area contributed by atoms with E-state index in [1.807, 2.05) is 44.2 Å². The second-order valence-electron chi connectivity index (χ2n) is 6.08. The molecule has 0 fully saturated rings. The third kappa shape index (κ3) is 3.41. The number of para-hydroxylation sites is 1. The first-order chi connectivity index (χ1) is 12.4. The summed E-state index contributed by atoms with van der Waals surface area (Å²) in [5.41, 5.74) is 3.95. The zero-order chi connectivity index (χ0) is 18.7. The molecule has 0 unspecified atom stereocenters. The van der Waals surface area contributed by atoms with E-state index in [2.05, 4.69) is 21.1 Å². The largest absolute Gasteiger partial charge is 0.340 e. The molecule has 0 amide bonds. The fraction of sp³-hybridized carbons (Fsp3) is 0.150. The number of nitrogens with one attached hydrogen (secondary N) is 1. The lowest BCUT2D eigenvalue weighted by atomic mass is 10.1. The molecule has 2 aromatic carbocycles. The average Bonchev–Trinajstić information content (AvgIpc) is 2.88. The topological polar surface area (TPSA) is 63.5 Å². The number of aryl methyl sites for hydroxylation is 1. The Morgan fingerprint density at radius 3 is 2.50 bits per heavy atom. The van der Waals surface area contributed by atoms with Gasteiger partial charge in [0, 0.05) is 28.7 Å². The molecule has 0 aliphatic carbocycles. The van der Waals surface area contributed by atoms with E-state index in [9.17, 15) is 8.42 Å². The van der Waals surface area contributed by atoms with Crippen LogP contribution in [0.25, 0.3) is 10.9 Å². The Hall–Kier alpha value is -2.86. The number of benzene rings is 2. The fourth-order valence-corrected chi connectivity index (χ4v) is 3.71. The van der Waals surface area contributed by atoms with Crippen LogP contribution in [0.4, 0.5) is 0 Å². The van der Waals surface area contributed by atoms with Gasteiger partial charge in [-0.15, -0.1) is 6.58 Å². The number of rotatable bonds is 6. The lowest BCUT2D eigenvalue weighted by Crippen LogP contribution is -2.18. The van der Waals surface area contributed by atoms with Crippen molar-refractivity contribution < 1.29 is 8.42 Å². The number of fused-ring (bicyclic) bond motifs is 1. The van der Waals surface area contributed by atoms with E-state index in [-0.39, 0.29) is 4.90 Å². The quantitative estimate of drug-likeness (QED) is 0.410. The van der Waals surface area contributed by atoms with E-state index in [0.29, 0.717) is 6.54 Å². The molecular weight excluding hydrogens is 346 g/mol. The second kappa shape index (κ2) is 7.17. The summed E-state index contributed by atoms with van der Waals surface area (Å²) in [6.45, 7) is 8.37. The van der Waals surface area contributed by atoms with Gasteiger partial charge in [0.25, 0.3) is 10.0 Å². The normalized spacial score (nSPS) is 11.9. The minimum Gasteiger partial charge on any atom is -0.340 e. The van der Waals surface area contributed by atoms with Crippen LogP contribution in [0.5, 0.6) is 0 Å². The van der Waals surface area contributed by atoms with Gasteiger partial charge in [0.15, 0.2) is 0 Å². The molecule has 5 nitrogen and oxygen atoms in total. The highest BCUT2D eigenvalue weighted by Gasteiger charge is 2.14. The Balaban J connectivity index is 1.92. The first-order valence-electron chi connectivity index (χ1n) is 8.24. The Morgan fingerprint density at radius 2 is 1.81 bits per heavy atom. The highest BCUT2D eigenvalue weighted by Crippen LogP contribution is 2.24. The summed E-state index contributed by atoms with van der Waals surface area (Å²) >= 11 is 0. The summed E-state index contributed by atoms with van der Waals surface area (Å²) in [7, 11) is -3.69. The molecule has 3 rings (SSSR count). The maximum atomic E-state index is 12.3. The molecule has 0 bridgehead atoms. The van der Waals surface area contributed by atoms with Crippen LogP contribution in [0.3, 0.4) is 0 Å². The summed E-state index contributed by atoms with van der Waals surface area (Å²) < 4.78 is 26.8. The zero-order valence-electron chi connectivity index (χ0n) is 14.8. The molecule has 0 atom stereocenters. The fourth-order valence-electron chi connectivity index (χ4n) is 2.92. The van der Waals surface area contributed by atoms with Crippen LogP contribution < -0.4 is 4.83 Å². The van der Waals surface area contributed by atoms with Crippen molar-refractivity contribution in [3.05, 3.63) is 78.0 Å². The smallest absolute Gasteiger partial charge is 0.276 e. The third-order valence-electron chi connectivity index (χ3n) is 4.29. The number of hydrogen-bond donors (Lipinski definition) is 1. The summed E-state index contributed by atoms with van der Waals surface area (Å²) in [5, 5.41) is 5.01. The van der Waals surface area contributed by atoms with Crippen molar-refractivity contribution >= 4 is 27.1 Å². The Kier molecular flexibility index (Phi) is 4.95. The van der Waals surface area contributed by atoms with Crippen LogP contribution in [0, 0.1) is 13.8 Å². The van der Waals surface area contributed by atoms with Crippen LogP contribution in [0.15, 0.2) is 71.2 Å². The van der Waals surface area contributed by atoms with E-state index in [4.69, 9.17) is 0 Å². The molecule has 1 aromatic heterocycles. The predicted octanol–water partition coefficient (Wildman–Crippen LogP) is 3.76. The van der Waals surface area contributed by atoms with Crippen LogP contribution in [-0.2, 0) is 16.6 Å². The van der Waals surface area contributed by atoms with E-state index in [0.717, 1.165) is 27.7 Å². The predicted molar refractivity (Wildman–Crippen MR) is 106 cm³/mol. The minimum atomic E-state index is -3.69. The molecule has 1 heterocycles. The Morgan fingerprint density at radius 1 is 1.12 bits per heavy atom. The molecule has 26 heavy (non-hydrogen) atoms. The summed E-state index contributed by atoms with van der Waals surface area (Å²) in [4.78, 5) is 2.47. The molecule has 0 saturated heterocycles. The number of allylic oxidation sites excluding steroid dienone is 1. The Labute approximate surface area is 153 Å². The second-order valence-corrected chi connectivity index (χ2v) is 7.74. The van der Waals surface area contributed by atoms with Crippen LogP contribution in [0.2, 0.25) is 0 Å². The minimum absolute atomic E-state index is 0.186. The van der Waals surface area contributed by atoms with Crippen molar-refractivity contribution in [2.24, 2.45) is 5.10 Å². The SMILES string of the molecule is C=CCn1c(C)c(/C=N/NS(=O)(=O)c2ccc(C)cc2)c2ccccc21. The van der Waals surface area contributed by atoms with E-state index >= 15 is 0 Å². The molecule has 0 aliphatic heterocycles. The molecule has 3 aromatic rings. The first-order valence-corrected chi connectivity index (χ1v) is 9.72. The maximum Gasteiger partial charge on any atom is 0.276 e. The van der Waals surface area contributed by atoms with Gasteiger partial charge in [-0.05, 0) is 32.0 Å². The molecule has 0 spiro atoms. The van der Waals surface area contributed by atoms with Gasteiger partial charge in [0.1, 0.15) is 0 Å². The van der Waals surface area contributed by atoms with Crippen molar-refractivity contribution in [2.75, 3.05) is 0 Å². The van der Waals surface area contributed by atoms with Gasteiger partial charge in [0.2, 0.25) is 0 Å². The lowest BCUT2D eigenvalue weighted by molar-refractivity contribution is 0.584. The molecule has 0 radical (unpaired) electrons. The van der Waals surface area contributed by atoms with Gasteiger partial charge in [-0.3, -0.25) is 0 Å². The highest BCUT2D eigenvalue weighted by molar-refractivity contribution is 7.89. The van der Waals surface area contributed by atoms with E-state index in [1.165, 1.54) is 0 Å². The molecular formula is C20H21N3O2S. The van der Waals surface area contributed by atoms with Crippen molar-refractivity contribution in [3.8, 4) is 0 Å². The number of hydrazone groups is 1. The van der Waals surface area contributed by atoms with E-state index < -0.39 is 10.0 Å². The zero-order valence-corrected chi connectivity index (χ0v) is 15.6. The third-order valence-corrected chi connectivity index (χ3v) is 5.53. The van der Waals surface area contributed by atoms with Gasteiger partial charge in [-0.1, -0.05) is 42.0 Å². The number of sulfonamides is 1. The lowest BCUT2D eigenvalue weighted by Gasteiger charge is -2.04. The molecule has 1 N–H and O–H groups in total. The standard InChI is InChI=1S/C20H21N3O2S/c1-4-13-23-16(3)19(18-7-5-6-8-20(18)23)14-21-22-26(24,25)17-11-9-15(2)10-12-17/h4-12,14,22H,1,13H2,2-3H3/b21-14+. The van der Waals surface area contributed by atoms with Gasteiger partial charge in [-0.2, -0.15) is 13.5 Å². The molecule has 134 valence electrons. The van der Waals surface area contributed by atoms with E-state index in [1.54, 1.807) is 30.5 Å². The van der Waals surface area contributed by atoms with Crippen LogP contribution in [-0.4, -0.2) is 19.2 Å². The van der Waals surface area contributed by atoms with Gasteiger partial charge in [0.05, 0.1) is 11.1 Å². The van der Waals surface area contributed by atoms with Gasteiger partial charge >= 0.3 is 0 Å². The number of nitrogens with zero attached hydrogens (tertiary/aromatic N) is 2. The van der Waals surface area contributed by atoms with Crippen molar-refractivity contribution in [1.82, 2.24) is 9.40 Å². The van der Waals surface area contributed by atoms with Crippen molar-refractivity contribution in [2.45, 2.75) is 25.3 Å². The summed E-state index contributed by atoms with van der Waals surface area (Å²) in [6, 6.07) is 14.6. The van der Waals surface area contributed by atoms with Gasteiger partial charge in [-0.25, -0.2) is 4.83 Å². The molecule has 0 saturated carbocycles. The summed E-state index contributed by atoms with van der Waals surface area (Å²) in [5.74, 6) is 0. The maximum absolute atomic E-state index is 12.3. The molecule has 0 aliphatic rings. The molecule has 6 heteroatoms. The van der Waals surface area contributed by atoms with Crippen molar-refractivity contribution in [1.29, 1.82) is 0 Å². The first kappa shape index (κ1) is 17.9. The number of aromatic nitrogens is 1. The average molecular weight is 367 g/mol. The van der Waals surface area contributed by atoms with Crippen LogP contribution in [0.1, 0.15) is 16.8 Å². The number of hydrogen-bond acceptors (Lipinski definition) is 3. The van der Waals surface area contributed by atoms with Gasteiger partial charge < -0.3 is 4.57 Å². The monoisotopic (exact) mass is 367 g/mol. The van der Waals surface area contributed by atoms with Crippen molar-refractivity contribution in [3.63, 3.8) is 0 Å². The van der Waals surface area contributed by atoms with Crippen LogP contribution >= 0.6 is 0 Å². The Bertz CT molecular complexity index is 1080.